The molecule has 162 valence electrons. The third-order valence-corrected chi connectivity index (χ3v) is 5.70. The zero-order valence-electron chi connectivity index (χ0n) is 17.2. The number of anilines is 1. The van der Waals surface area contributed by atoms with Crippen LogP contribution < -0.4 is 5.32 Å². The molecule has 2 aromatic heterocycles. The van der Waals surface area contributed by atoms with Gasteiger partial charge in [-0.25, -0.2) is 14.2 Å². The number of halogens is 1. The van der Waals surface area contributed by atoms with Crippen LogP contribution in [-0.2, 0) is 9.53 Å². The Morgan fingerprint density at radius 2 is 1.81 bits per heavy atom. The second kappa shape index (κ2) is 9.11. The second-order valence-electron chi connectivity index (χ2n) is 6.95. The summed E-state index contributed by atoms with van der Waals surface area (Å²) in [7, 11) is 0. The van der Waals surface area contributed by atoms with E-state index < -0.39 is 18.0 Å². The van der Waals surface area contributed by atoms with Gasteiger partial charge in [0.1, 0.15) is 21.5 Å². The van der Waals surface area contributed by atoms with Crippen LogP contribution in [0.5, 0.6) is 0 Å². The number of benzene rings is 2. The standard InChI is InChI=1S/C23H18FN3O4S/c1-13-12-18(27-31-13)26-21(28)19(15-6-4-3-5-7-15)30-23(29)20-14(2)25-22(32-20)16-8-10-17(24)11-9-16/h3-12,19H,1-2H3,(H,26,27,28). The summed E-state index contributed by atoms with van der Waals surface area (Å²) in [4.78, 5) is 30.6. The van der Waals surface area contributed by atoms with Crippen LogP contribution in [0.4, 0.5) is 10.2 Å². The molecular formula is C23H18FN3O4S. The van der Waals surface area contributed by atoms with Gasteiger partial charge in [0.15, 0.2) is 5.82 Å². The van der Waals surface area contributed by atoms with Crippen LogP contribution in [0, 0.1) is 19.7 Å². The van der Waals surface area contributed by atoms with Crippen molar-refractivity contribution in [3.63, 3.8) is 0 Å². The first kappa shape index (κ1) is 21.4. The number of nitrogens with zero attached hydrogens (tertiary/aromatic N) is 2. The molecule has 0 bridgehead atoms. The molecule has 1 N–H and O–H groups in total. The fourth-order valence-electron chi connectivity index (χ4n) is 2.98. The lowest BCUT2D eigenvalue weighted by Gasteiger charge is -2.17. The third kappa shape index (κ3) is 4.73. The van der Waals surface area contributed by atoms with E-state index in [9.17, 15) is 14.0 Å². The quantitative estimate of drug-likeness (QED) is 0.410. The van der Waals surface area contributed by atoms with E-state index in [0.717, 1.165) is 11.3 Å². The number of hydrogen-bond acceptors (Lipinski definition) is 7. The molecule has 0 aliphatic rings. The first-order chi connectivity index (χ1) is 15.4. The predicted octanol–water partition coefficient (Wildman–Crippen LogP) is 5.09. The van der Waals surface area contributed by atoms with E-state index in [4.69, 9.17) is 9.26 Å². The summed E-state index contributed by atoms with van der Waals surface area (Å²) in [5, 5.41) is 6.89. The number of aromatic nitrogens is 2. The molecule has 1 amide bonds. The minimum Gasteiger partial charge on any atom is -0.443 e. The van der Waals surface area contributed by atoms with Crippen molar-refractivity contribution in [3.8, 4) is 10.6 Å². The van der Waals surface area contributed by atoms with Crippen molar-refractivity contribution in [3.05, 3.63) is 88.4 Å². The predicted molar refractivity (Wildman–Crippen MR) is 117 cm³/mol. The van der Waals surface area contributed by atoms with E-state index in [1.807, 2.05) is 0 Å². The zero-order chi connectivity index (χ0) is 22.7. The summed E-state index contributed by atoms with van der Waals surface area (Å²) >= 11 is 1.12. The normalized spacial score (nSPS) is 11.7. The molecule has 32 heavy (non-hydrogen) atoms. The van der Waals surface area contributed by atoms with Gasteiger partial charge in [-0.15, -0.1) is 11.3 Å². The summed E-state index contributed by atoms with van der Waals surface area (Å²) in [5.74, 6) is -0.868. The Labute approximate surface area is 186 Å². The smallest absolute Gasteiger partial charge is 0.351 e. The molecule has 0 saturated heterocycles. The maximum absolute atomic E-state index is 13.2. The van der Waals surface area contributed by atoms with E-state index in [-0.39, 0.29) is 16.5 Å². The van der Waals surface area contributed by atoms with E-state index >= 15 is 0 Å². The number of hydrogen-bond donors (Lipinski definition) is 1. The molecule has 4 aromatic rings. The van der Waals surface area contributed by atoms with Gasteiger partial charge in [0.25, 0.3) is 5.91 Å². The van der Waals surface area contributed by atoms with E-state index in [2.05, 4.69) is 15.5 Å². The first-order valence-corrected chi connectivity index (χ1v) is 10.5. The van der Waals surface area contributed by atoms with Gasteiger partial charge in [-0.2, -0.15) is 0 Å². The lowest BCUT2D eigenvalue weighted by Crippen LogP contribution is -2.26. The molecule has 0 saturated carbocycles. The Morgan fingerprint density at radius 1 is 1.09 bits per heavy atom. The van der Waals surface area contributed by atoms with Crippen molar-refractivity contribution in [2.45, 2.75) is 20.0 Å². The van der Waals surface area contributed by atoms with Gasteiger partial charge in [0, 0.05) is 17.2 Å². The highest BCUT2D eigenvalue weighted by molar-refractivity contribution is 7.17. The van der Waals surface area contributed by atoms with Crippen molar-refractivity contribution >= 4 is 29.0 Å². The molecule has 0 spiro atoms. The van der Waals surface area contributed by atoms with Crippen LogP contribution in [0.2, 0.25) is 0 Å². The molecule has 0 radical (unpaired) electrons. The van der Waals surface area contributed by atoms with Gasteiger partial charge >= 0.3 is 5.97 Å². The van der Waals surface area contributed by atoms with Crippen LogP contribution in [-0.4, -0.2) is 22.0 Å². The third-order valence-electron chi connectivity index (χ3n) is 4.52. The molecule has 2 aromatic carbocycles. The molecule has 0 fully saturated rings. The van der Waals surface area contributed by atoms with E-state index in [0.29, 0.717) is 27.6 Å². The fraction of sp³-hybridized carbons (Fsp3) is 0.130. The molecule has 4 rings (SSSR count). The summed E-state index contributed by atoms with van der Waals surface area (Å²) in [5.41, 5.74) is 1.63. The summed E-state index contributed by atoms with van der Waals surface area (Å²) in [6.45, 7) is 3.37. The maximum Gasteiger partial charge on any atom is 0.351 e. The van der Waals surface area contributed by atoms with Gasteiger partial charge in [-0.1, -0.05) is 35.5 Å². The van der Waals surface area contributed by atoms with Crippen molar-refractivity contribution < 1.29 is 23.2 Å². The van der Waals surface area contributed by atoms with Crippen molar-refractivity contribution in [1.29, 1.82) is 0 Å². The molecule has 0 aliphatic carbocycles. The lowest BCUT2D eigenvalue weighted by molar-refractivity contribution is -0.125. The summed E-state index contributed by atoms with van der Waals surface area (Å²) in [6.07, 6.45) is -1.21. The summed E-state index contributed by atoms with van der Waals surface area (Å²) < 4.78 is 23.8. The molecular weight excluding hydrogens is 433 g/mol. The molecule has 2 heterocycles. The monoisotopic (exact) mass is 451 g/mol. The highest BCUT2D eigenvalue weighted by Crippen LogP contribution is 2.30. The first-order valence-electron chi connectivity index (χ1n) is 9.64. The van der Waals surface area contributed by atoms with Crippen molar-refractivity contribution in [2.75, 3.05) is 5.32 Å². The average Bonchev–Trinajstić information content (AvgIpc) is 3.38. The molecule has 7 nitrogen and oxygen atoms in total. The van der Waals surface area contributed by atoms with Crippen LogP contribution in [0.1, 0.15) is 32.8 Å². The van der Waals surface area contributed by atoms with Crippen LogP contribution in [0.15, 0.2) is 65.2 Å². The van der Waals surface area contributed by atoms with Gasteiger partial charge in [-0.05, 0) is 38.1 Å². The number of aryl methyl sites for hydroxylation is 2. The molecule has 9 heteroatoms. The van der Waals surface area contributed by atoms with Crippen LogP contribution in [0.3, 0.4) is 0 Å². The Bertz CT molecular complexity index is 1250. The number of carbonyl (C=O) groups is 2. The number of amides is 1. The highest BCUT2D eigenvalue weighted by Gasteiger charge is 2.28. The topological polar surface area (TPSA) is 94.3 Å². The number of ether oxygens (including phenoxy) is 1. The molecule has 1 unspecified atom stereocenters. The van der Waals surface area contributed by atoms with E-state index in [1.54, 1.807) is 62.4 Å². The lowest BCUT2D eigenvalue weighted by atomic mass is 10.1. The SMILES string of the molecule is Cc1cc(NC(=O)C(OC(=O)c2sc(-c3ccc(F)cc3)nc2C)c2ccccc2)no1. The Kier molecular flexibility index (Phi) is 6.09. The Balaban J connectivity index is 1.58. The van der Waals surface area contributed by atoms with Gasteiger partial charge < -0.3 is 14.6 Å². The van der Waals surface area contributed by atoms with Gasteiger partial charge in [-0.3, -0.25) is 4.79 Å². The van der Waals surface area contributed by atoms with Crippen LogP contribution in [0.25, 0.3) is 10.6 Å². The maximum atomic E-state index is 13.2. The van der Waals surface area contributed by atoms with Gasteiger partial charge in [0.2, 0.25) is 6.10 Å². The molecule has 0 aliphatic heterocycles. The van der Waals surface area contributed by atoms with Crippen molar-refractivity contribution in [1.82, 2.24) is 10.1 Å². The highest BCUT2D eigenvalue weighted by atomic mass is 32.1. The number of carbonyl (C=O) groups excluding carboxylic acids is 2. The average molecular weight is 451 g/mol. The van der Waals surface area contributed by atoms with E-state index in [1.165, 1.54) is 12.1 Å². The Hall–Kier alpha value is -3.85. The number of rotatable bonds is 6. The fourth-order valence-corrected chi connectivity index (χ4v) is 3.93. The second-order valence-corrected chi connectivity index (χ2v) is 7.95. The number of thiazole rings is 1. The molecule has 1 atom stereocenters. The largest absolute Gasteiger partial charge is 0.443 e. The minimum absolute atomic E-state index is 0.219. The van der Waals surface area contributed by atoms with Crippen LogP contribution >= 0.6 is 11.3 Å². The van der Waals surface area contributed by atoms with Crippen molar-refractivity contribution in [2.24, 2.45) is 0 Å². The minimum atomic E-state index is -1.21. The number of esters is 1. The number of nitrogens with one attached hydrogen (secondary N) is 1. The summed E-state index contributed by atoms with van der Waals surface area (Å²) in [6, 6.07) is 16.0. The van der Waals surface area contributed by atoms with Gasteiger partial charge in [0.05, 0.1) is 5.69 Å². The Morgan fingerprint density at radius 3 is 2.47 bits per heavy atom. The zero-order valence-corrected chi connectivity index (χ0v) is 18.0.